The molecule has 1 aromatic carbocycles. The van der Waals surface area contributed by atoms with Crippen molar-refractivity contribution in [2.75, 3.05) is 6.61 Å². The fourth-order valence-corrected chi connectivity index (χ4v) is 4.09. The molecule has 8 nitrogen and oxygen atoms in total. The molecule has 1 aliphatic rings. The topological polar surface area (TPSA) is 132 Å². The predicted molar refractivity (Wildman–Crippen MR) is 112 cm³/mol. The van der Waals surface area contributed by atoms with E-state index in [-0.39, 0.29) is 10.2 Å². The van der Waals surface area contributed by atoms with Gasteiger partial charge in [-0.05, 0) is 23.8 Å². The average Bonchev–Trinajstić information content (AvgIpc) is 3.33. The fraction of sp³-hybridized carbons (Fsp3) is 0.273. The number of aromatic nitrogens is 1. The van der Waals surface area contributed by atoms with E-state index in [0.717, 1.165) is 0 Å². The van der Waals surface area contributed by atoms with E-state index < -0.39 is 37.3 Å². The van der Waals surface area contributed by atoms with Gasteiger partial charge in [-0.15, -0.1) is 0 Å². The summed E-state index contributed by atoms with van der Waals surface area (Å²) in [5.74, 6) is 0.445. The second kappa shape index (κ2) is 8.72. The first kappa shape index (κ1) is 21.4. The molecule has 0 aliphatic carbocycles. The highest BCUT2D eigenvalue weighted by molar-refractivity contribution is 7.71. The standard InChI is InChI=1S/C22H20N2O6S/c23-10-14-13(16-7-4-8-29-16)9-15(12-5-2-1-3-6-12)24(22(14)31)21-20(28)19(27)18(26)17(11-25)30-21/h1-9,17-21,25-28H,11H2/t17-,18+,19+,20-,21-/m1/s1. The van der Waals surface area contributed by atoms with Crippen molar-refractivity contribution < 1.29 is 29.6 Å². The normalized spacial score (nSPS) is 25.8. The van der Waals surface area contributed by atoms with Crippen LogP contribution in [0.1, 0.15) is 11.8 Å². The molecule has 9 heteroatoms. The Morgan fingerprint density at radius 2 is 1.77 bits per heavy atom. The van der Waals surface area contributed by atoms with E-state index in [0.29, 0.717) is 22.6 Å². The number of furan rings is 1. The van der Waals surface area contributed by atoms with Crippen molar-refractivity contribution in [2.24, 2.45) is 0 Å². The van der Waals surface area contributed by atoms with Gasteiger partial charge in [0.15, 0.2) is 6.23 Å². The van der Waals surface area contributed by atoms with Gasteiger partial charge in [-0.3, -0.25) is 0 Å². The molecular formula is C22H20N2O6S. The van der Waals surface area contributed by atoms with Gasteiger partial charge in [0.2, 0.25) is 0 Å². The van der Waals surface area contributed by atoms with Gasteiger partial charge in [0.1, 0.15) is 40.9 Å². The van der Waals surface area contributed by atoms with Crippen molar-refractivity contribution >= 4 is 12.2 Å². The zero-order valence-corrected chi connectivity index (χ0v) is 17.0. The monoisotopic (exact) mass is 440 g/mol. The minimum absolute atomic E-state index is 0.0552. The van der Waals surface area contributed by atoms with Crippen LogP contribution in [0.5, 0.6) is 0 Å². The highest BCUT2D eigenvalue weighted by Gasteiger charge is 2.45. The molecule has 3 heterocycles. The SMILES string of the molecule is N#Cc1c(-c2ccco2)cc(-c2ccccc2)n([C@@H]2O[C@H](CO)[C@H](O)[C@H](O)[C@H]2O)c1=S. The molecule has 3 aromatic rings. The van der Waals surface area contributed by atoms with Gasteiger partial charge in [-0.1, -0.05) is 42.5 Å². The molecule has 0 amide bonds. The summed E-state index contributed by atoms with van der Waals surface area (Å²) in [7, 11) is 0. The maximum absolute atomic E-state index is 10.7. The van der Waals surface area contributed by atoms with Crippen LogP contribution in [0.4, 0.5) is 0 Å². The van der Waals surface area contributed by atoms with Crippen LogP contribution in [-0.2, 0) is 4.74 Å². The van der Waals surface area contributed by atoms with Crippen LogP contribution < -0.4 is 0 Å². The summed E-state index contributed by atoms with van der Waals surface area (Å²) < 4.78 is 12.7. The molecule has 2 aromatic heterocycles. The Labute approximate surface area is 182 Å². The zero-order valence-electron chi connectivity index (χ0n) is 16.2. The van der Waals surface area contributed by atoms with Gasteiger partial charge < -0.3 is 34.1 Å². The van der Waals surface area contributed by atoms with Crippen LogP contribution in [0.15, 0.2) is 59.2 Å². The third kappa shape index (κ3) is 3.70. The minimum atomic E-state index is -1.59. The average molecular weight is 440 g/mol. The lowest BCUT2D eigenvalue weighted by atomic mass is 9.96. The number of aliphatic hydroxyl groups is 4. The summed E-state index contributed by atoms with van der Waals surface area (Å²) >= 11 is 5.62. The van der Waals surface area contributed by atoms with E-state index >= 15 is 0 Å². The lowest BCUT2D eigenvalue weighted by Crippen LogP contribution is -2.56. The molecule has 0 spiro atoms. The molecule has 4 rings (SSSR count). The van der Waals surface area contributed by atoms with Gasteiger partial charge in [0.05, 0.1) is 24.1 Å². The summed E-state index contributed by atoms with van der Waals surface area (Å²) in [5, 5.41) is 50.6. The molecule has 0 bridgehead atoms. The van der Waals surface area contributed by atoms with Crippen molar-refractivity contribution in [1.82, 2.24) is 4.57 Å². The largest absolute Gasteiger partial charge is 0.464 e. The Balaban J connectivity index is 1.99. The molecule has 1 aliphatic heterocycles. The maximum atomic E-state index is 10.7. The first-order valence-corrected chi connectivity index (χ1v) is 9.98. The van der Waals surface area contributed by atoms with Crippen molar-refractivity contribution in [3.63, 3.8) is 0 Å². The number of aliphatic hydroxyl groups excluding tert-OH is 4. The second-order valence-corrected chi connectivity index (χ2v) is 7.55. The zero-order chi connectivity index (χ0) is 22.1. The smallest absolute Gasteiger partial charge is 0.164 e. The number of rotatable bonds is 4. The van der Waals surface area contributed by atoms with Crippen molar-refractivity contribution in [1.29, 1.82) is 5.26 Å². The third-order valence-electron chi connectivity index (χ3n) is 5.33. The Hall–Kier alpha value is -2.84. The van der Waals surface area contributed by atoms with Crippen LogP contribution in [0.3, 0.4) is 0 Å². The quantitative estimate of drug-likeness (QED) is 0.453. The summed E-state index contributed by atoms with van der Waals surface area (Å²) in [6.45, 7) is -0.578. The van der Waals surface area contributed by atoms with E-state index in [9.17, 15) is 25.7 Å². The van der Waals surface area contributed by atoms with E-state index in [2.05, 4.69) is 6.07 Å². The van der Waals surface area contributed by atoms with Crippen LogP contribution >= 0.6 is 12.2 Å². The molecule has 31 heavy (non-hydrogen) atoms. The van der Waals surface area contributed by atoms with Crippen molar-refractivity contribution in [3.05, 3.63) is 65.0 Å². The molecule has 0 radical (unpaired) electrons. The van der Waals surface area contributed by atoms with Crippen LogP contribution in [0.25, 0.3) is 22.6 Å². The molecule has 1 saturated heterocycles. The number of nitriles is 1. The summed E-state index contributed by atoms with van der Waals surface area (Å²) in [5.41, 5.74) is 1.81. The third-order valence-corrected chi connectivity index (χ3v) is 5.73. The predicted octanol–water partition coefficient (Wildman–Crippen LogP) is 1.99. The Bertz CT molecular complexity index is 1150. The molecule has 1 fully saturated rings. The van der Waals surface area contributed by atoms with Crippen LogP contribution in [0, 0.1) is 16.0 Å². The van der Waals surface area contributed by atoms with Crippen LogP contribution in [-0.4, -0.2) is 56.0 Å². The Morgan fingerprint density at radius 1 is 1.03 bits per heavy atom. The Kier molecular flexibility index (Phi) is 6.02. The molecule has 160 valence electrons. The number of hydrogen-bond acceptors (Lipinski definition) is 8. The molecular weight excluding hydrogens is 420 g/mol. The molecule has 5 atom stereocenters. The van der Waals surface area contributed by atoms with Gasteiger partial charge in [0, 0.05) is 5.56 Å². The van der Waals surface area contributed by atoms with E-state index in [1.807, 2.05) is 30.3 Å². The van der Waals surface area contributed by atoms with E-state index in [1.54, 1.807) is 18.2 Å². The second-order valence-electron chi connectivity index (χ2n) is 7.17. The lowest BCUT2D eigenvalue weighted by Gasteiger charge is -2.41. The van der Waals surface area contributed by atoms with Gasteiger partial charge in [-0.2, -0.15) is 5.26 Å². The summed E-state index contributed by atoms with van der Waals surface area (Å²) in [4.78, 5) is 0. The number of nitrogens with zero attached hydrogens (tertiary/aromatic N) is 2. The molecule has 4 N–H and O–H groups in total. The van der Waals surface area contributed by atoms with Crippen molar-refractivity contribution in [2.45, 2.75) is 30.6 Å². The van der Waals surface area contributed by atoms with Gasteiger partial charge in [0.25, 0.3) is 0 Å². The number of ether oxygens (including phenoxy) is 1. The molecule has 0 saturated carbocycles. The first-order chi connectivity index (χ1) is 15.0. The van der Waals surface area contributed by atoms with Crippen LogP contribution in [0.2, 0.25) is 0 Å². The maximum Gasteiger partial charge on any atom is 0.164 e. The fourth-order valence-electron chi connectivity index (χ4n) is 3.74. The molecule has 0 unspecified atom stereocenters. The highest BCUT2D eigenvalue weighted by Crippen LogP contribution is 2.37. The number of hydrogen-bond donors (Lipinski definition) is 4. The first-order valence-electron chi connectivity index (χ1n) is 9.57. The summed E-state index contributed by atoms with van der Waals surface area (Å²) in [6, 6.07) is 16.3. The number of pyridine rings is 1. The van der Waals surface area contributed by atoms with Gasteiger partial charge in [-0.25, -0.2) is 0 Å². The van der Waals surface area contributed by atoms with Gasteiger partial charge >= 0.3 is 0 Å². The van der Waals surface area contributed by atoms with Crippen molar-refractivity contribution in [3.8, 4) is 28.7 Å². The highest BCUT2D eigenvalue weighted by atomic mass is 32.1. The number of benzene rings is 1. The Morgan fingerprint density at radius 3 is 2.39 bits per heavy atom. The summed E-state index contributed by atoms with van der Waals surface area (Å²) in [6.07, 6.45) is -5.55. The minimum Gasteiger partial charge on any atom is -0.464 e. The lowest BCUT2D eigenvalue weighted by molar-refractivity contribution is -0.251. The van der Waals surface area contributed by atoms with E-state index in [4.69, 9.17) is 21.4 Å². The van der Waals surface area contributed by atoms with E-state index in [1.165, 1.54) is 10.8 Å².